The van der Waals surface area contributed by atoms with E-state index >= 15 is 0 Å². The van der Waals surface area contributed by atoms with E-state index in [9.17, 15) is 0 Å². The Balaban J connectivity index is 2.54. The molecule has 0 aliphatic heterocycles. The Morgan fingerprint density at radius 1 is 1.33 bits per heavy atom. The predicted octanol–water partition coefficient (Wildman–Crippen LogP) is 3.03. The first-order valence-corrected chi connectivity index (χ1v) is 6.63. The van der Waals surface area contributed by atoms with Crippen LogP contribution in [0.2, 0.25) is 0 Å². The molecule has 0 unspecified atom stereocenters. The average molecular weight is 305 g/mol. The highest BCUT2D eigenvalue weighted by atomic mass is 79.9. The molecule has 0 atom stereocenters. The second-order valence-corrected chi connectivity index (χ2v) is 4.70. The molecule has 0 fully saturated rings. The number of nitriles is 1. The van der Waals surface area contributed by atoms with Gasteiger partial charge in [-0.2, -0.15) is 10.4 Å². The normalized spacial score (nSPS) is 10.3. The SMILES string of the molecule is CCc1nc(CC)n(-c2ccc(C#N)cc2Br)n1. The molecule has 0 N–H and O–H groups in total. The van der Waals surface area contributed by atoms with E-state index in [4.69, 9.17) is 5.26 Å². The third kappa shape index (κ3) is 2.29. The molecule has 2 aromatic rings. The minimum atomic E-state index is 0.625. The van der Waals surface area contributed by atoms with Crippen molar-refractivity contribution >= 4 is 15.9 Å². The second-order valence-electron chi connectivity index (χ2n) is 3.84. The Bertz CT molecular complexity index is 610. The smallest absolute Gasteiger partial charge is 0.151 e. The number of rotatable bonds is 3. The van der Waals surface area contributed by atoms with E-state index in [1.165, 1.54) is 0 Å². The number of aromatic nitrogens is 3. The zero-order valence-electron chi connectivity index (χ0n) is 10.3. The monoisotopic (exact) mass is 304 g/mol. The fraction of sp³-hybridized carbons (Fsp3) is 0.308. The van der Waals surface area contributed by atoms with Gasteiger partial charge in [-0.25, -0.2) is 9.67 Å². The third-order valence-electron chi connectivity index (χ3n) is 2.66. The molecule has 2 rings (SSSR count). The van der Waals surface area contributed by atoms with Crippen LogP contribution in [0.4, 0.5) is 0 Å². The number of halogens is 1. The van der Waals surface area contributed by atoms with Gasteiger partial charge in [-0.05, 0) is 34.1 Å². The minimum absolute atomic E-state index is 0.625. The summed E-state index contributed by atoms with van der Waals surface area (Å²) >= 11 is 3.48. The minimum Gasteiger partial charge on any atom is -0.216 e. The summed E-state index contributed by atoms with van der Waals surface area (Å²) in [6.45, 7) is 4.09. The summed E-state index contributed by atoms with van der Waals surface area (Å²) in [7, 11) is 0. The Kier molecular flexibility index (Phi) is 3.78. The first kappa shape index (κ1) is 12.8. The van der Waals surface area contributed by atoms with Crippen molar-refractivity contribution in [2.45, 2.75) is 26.7 Å². The maximum atomic E-state index is 8.86. The highest BCUT2D eigenvalue weighted by molar-refractivity contribution is 9.10. The van der Waals surface area contributed by atoms with Crippen LogP contribution in [0.3, 0.4) is 0 Å². The van der Waals surface area contributed by atoms with Crippen LogP contribution >= 0.6 is 15.9 Å². The zero-order valence-corrected chi connectivity index (χ0v) is 11.9. The van der Waals surface area contributed by atoms with E-state index in [0.29, 0.717) is 5.56 Å². The van der Waals surface area contributed by atoms with Crippen molar-refractivity contribution in [3.63, 3.8) is 0 Å². The molecule has 0 amide bonds. The molecule has 1 aromatic heterocycles. The van der Waals surface area contributed by atoms with Crippen LogP contribution in [-0.4, -0.2) is 14.8 Å². The highest BCUT2D eigenvalue weighted by Crippen LogP contribution is 2.23. The van der Waals surface area contributed by atoms with Gasteiger partial charge in [-0.1, -0.05) is 13.8 Å². The Hall–Kier alpha value is -1.67. The molecule has 0 radical (unpaired) electrons. The molecule has 92 valence electrons. The number of aryl methyl sites for hydroxylation is 2. The van der Waals surface area contributed by atoms with Crippen LogP contribution in [-0.2, 0) is 12.8 Å². The molecule has 0 bridgehead atoms. The predicted molar refractivity (Wildman–Crippen MR) is 72.5 cm³/mol. The lowest BCUT2D eigenvalue weighted by Crippen LogP contribution is -2.03. The van der Waals surface area contributed by atoms with Crippen molar-refractivity contribution in [1.29, 1.82) is 5.26 Å². The number of hydrogen-bond acceptors (Lipinski definition) is 3. The van der Waals surface area contributed by atoms with Crippen molar-refractivity contribution in [1.82, 2.24) is 14.8 Å². The van der Waals surface area contributed by atoms with Crippen LogP contribution < -0.4 is 0 Å². The molecule has 18 heavy (non-hydrogen) atoms. The van der Waals surface area contributed by atoms with E-state index < -0.39 is 0 Å². The van der Waals surface area contributed by atoms with Crippen LogP contribution in [0.15, 0.2) is 22.7 Å². The first-order chi connectivity index (χ1) is 8.69. The number of nitrogens with zero attached hydrogens (tertiary/aromatic N) is 4. The summed E-state index contributed by atoms with van der Waals surface area (Å²) in [6.07, 6.45) is 1.63. The van der Waals surface area contributed by atoms with Gasteiger partial charge in [0, 0.05) is 17.3 Å². The quantitative estimate of drug-likeness (QED) is 0.876. The first-order valence-electron chi connectivity index (χ1n) is 5.84. The van der Waals surface area contributed by atoms with E-state index in [2.05, 4.69) is 39.0 Å². The Morgan fingerprint density at radius 2 is 2.11 bits per heavy atom. The summed E-state index contributed by atoms with van der Waals surface area (Å²) in [5.41, 5.74) is 1.54. The maximum Gasteiger partial charge on any atom is 0.151 e. The van der Waals surface area contributed by atoms with Gasteiger partial charge in [-0.15, -0.1) is 0 Å². The van der Waals surface area contributed by atoms with Crippen molar-refractivity contribution in [3.05, 3.63) is 39.9 Å². The molecule has 0 spiro atoms. The average Bonchev–Trinajstić information content (AvgIpc) is 2.81. The van der Waals surface area contributed by atoms with Gasteiger partial charge in [0.25, 0.3) is 0 Å². The molecule has 5 heteroatoms. The van der Waals surface area contributed by atoms with Crippen LogP contribution in [0.5, 0.6) is 0 Å². The lowest BCUT2D eigenvalue weighted by molar-refractivity contribution is 0.788. The molecule has 4 nitrogen and oxygen atoms in total. The summed E-state index contributed by atoms with van der Waals surface area (Å²) in [5.74, 6) is 1.76. The van der Waals surface area contributed by atoms with E-state index in [0.717, 1.165) is 34.7 Å². The van der Waals surface area contributed by atoms with Gasteiger partial charge in [0.1, 0.15) is 5.82 Å². The second kappa shape index (κ2) is 5.32. The fourth-order valence-corrected chi connectivity index (χ4v) is 2.26. The van der Waals surface area contributed by atoms with E-state index in [1.54, 1.807) is 12.1 Å². The van der Waals surface area contributed by atoms with Crippen LogP contribution in [0, 0.1) is 11.3 Å². The topological polar surface area (TPSA) is 54.5 Å². The fourth-order valence-electron chi connectivity index (χ4n) is 1.71. The molecule has 0 aliphatic carbocycles. The molecule has 0 aliphatic rings. The van der Waals surface area contributed by atoms with Gasteiger partial charge >= 0.3 is 0 Å². The van der Waals surface area contributed by atoms with Crippen molar-refractivity contribution in [2.24, 2.45) is 0 Å². The maximum absolute atomic E-state index is 8.86. The molecular formula is C13H13BrN4. The summed E-state index contributed by atoms with van der Waals surface area (Å²) in [6, 6.07) is 7.58. The Labute approximate surface area is 114 Å². The molecule has 0 saturated carbocycles. The van der Waals surface area contributed by atoms with Crippen molar-refractivity contribution in [2.75, 3.05) is 0 Å². The Morgan fingerprint density at radius 3 is 2.67 bits per heavy atom. The van der Waals surface area contributed by atoms with Gasteiger partial charge in [0.15, 0.2) is 5.82 Å². The summed E-state index contributed by atoms with van der Waals surface area (Å²) in [5, 5.41) is 13.3. The summed E-state index contributed by atoms with van der Waals surface area (Å²) < 4.78 is 2.69. The molecule has 1 aromatic carbocycles. The van der Waals surface area contributed by atoms with Crippen molar-refractivity contribution in [3.8, 4) is 11.8 Å². The number of benzene rings is 1. The van der Waals surface area contributed by atoms with Gasteiger partial charge in [0.05, 0.1) is 17.3 Å². The van der Waals surface area contributed by atoms with Crippen LogP contribution in [0.1, 0.15) is 31.1 Å². The molecule has 0 saturated heterocycles. The highest BCUT2D eigenvalue weighted by Gasteiger charge is 2.11. The zero-order chi connectivity index (χ0) is 13.1. The lowest BCUT2D eigenvalue weighted by Gasteiger charge is -2.06. The molecular weight excluding hydrogens is 292 g/mol. The van der Waals surface area contributed by atoms with E-state index in [-0.39, 0.29) is 0 Å². The summed E-state index contributed by atoms with van der Waals surface area (Å²) in [4.78, 5) is 4.47. The van der Waals surface area contributed by atoms with Crippen molar-refractivity contribution < 1.29 is 0 Å². The third-order valence-corrected chi connectivity index (χ3v) is 3.29. The standard InChI is InChI=1S/C13H13BrN4/c1-3-12-16-13(4-2)18(17-12)11-6-5-9(8-15)7-10(11)14/h5-7H,3-4H2,1-2H3. The largest absolute Gasteiger partial charge is 0.216 e. The van der Waals surface area contributed by atoms with Gasteiger partial charge in [-0.3, -0.25) is 0 Å². The van der Waals surface area contributed by atoms with Gasteiger partial charge in [0.2, 0.25) is 0 Å². The van der Waals surface area contributed by atoms with Gasteiger partial charge < -0.3 is 0 Å². The molecule has 1 heterocycles. The van der Waals surface area contributed by atoms with Crippen LogP contribution in [0.25, 0.3) is 5.69 Å². The lowest BCUT2D eigenvalue weighted by atomic mass is 10.2. The number of hydrogen-bond donors (Lipinski definition) is 0. The van der Waals surface area contributed by atoms with E-state index in [1.807, 2.05) is 17.7 Å².